The number of hydrogen-bond acceptors (Lipinski definition) is 4. The lowest BCUT2D eigenvalue weighted by Gasteiger charge is -2.33. The van der Waals surface area contributed by atoms with Gasteiger partial charge >= 0.3 is 0 Å². The van der Waals surface area contributed by atoms with Crippen molar-refractivity contribution in [3.63, 3.8) is 0 Å². The molecule has 0 aromatic heterocycles. The third kappa shape index (κ3) is 3.96. The van der Waals surface area contributed by atoms with Gasteiger partial charge in [0.25, 0.3) is 0 Å². The van der Waals surface area contributed by atoms with E-state index in [2.05, 4.69) is 17.0 Å². The first-order chi connectivity index (χ1) is 13.0. The molecule has 0 radical (unpaired) electrons. The highest BCUT2D eigenvalue weighted by Crippen LogP contribution is 2.24. The monoisotopic (exact) mass is 382 g/mol. The molecule has 1 amide bonds. The van der Waals surface area contributed by atoms with Crippen LogP contribution >= 0.6 is 0 Å². The molecule has 0 unspecified atom stereocenters. The number of amides is 1. The summed E-state index contributed by atoms with van der Waals surface area (Å²) in [6, 6.07) is 17.2. The lowest BCUT2D eigenvalue weighted by molar-refractivity contribution is -0.120. The highest BCUT2D eigenvalue weighted by Gasteiger charge is 2.32. The number of nitrogens with zero attached hydrogens (tertiary/aromatic N) is 2. The molecule has 140 valence electrons. The van der Waals surface area contributed by atoms with Crippen LogP contribution in [-0.2, 0) is 27.6 Å². The van der Waals surface area contributed by atoms with Gasteiger partial charge < -0.3 is 4.90 Å². The fraction of sp³-hybridized carbons (Fsp3) is 0.286. The van der Waals surface area contributed by atoms with Gasteiger partial charge in [-0.25, -0.2) is 8.42 Å². The van der Waals surface area contributed by atoms with E-state index < -0.39 is 15.9 Å². The van der Waals surface area contributed by atoms with Crippen LogP contribution in [0.5, 0.6) is 0 Å². The number of carbonyl (C=O) groups is 1. The number of rotatable bonds is 4. The van der Waals surface area contributed by atoms with Crippen LogP contribution in [0.4, 0.5) is 5.69 Å². The lowest BCUT2D eigenvalue weighted by atomic mass is 10.00. The summed E-state index contributed by atoms with van der Waals surface area (Å²) in [7, 11) is -3.24. The third-order valence-electron chi connectivity index (χ3n) is 5.11. The Labute approximate surface area is 159 Å². The standard InChI is InChI=1S/C21H22N2O3S/c24-21(15-22-12-10-17-6-4-5-7-18(17)14-22)23(19-8-2-1-3-9-19)20-11-13-27(25,26)16-20/h1-9,11,13,20H,10,12,14-16H2/t20-/m1/s1. The Hall–Kier alpha value is -2.44. The summed E-state index contributed by atoms with van der Waals surface area (Å²) in [6.07, 6.45) is 2.54. The SMILES string of the molecule is O=C(CN1CCc2ccccc2C1)N(c1ccccc1)[C@@H]1C=CS(=O)(=O)C1. The topological polar surface area (TPSA) is 57.7 Å². The highest BCUT2D eigenvalue weighted by atomic mass is 32.2. The molecule has 0 fully saturated rings. The second kappa shape index (κ2) is 7.29. The summed E-state index contributed by atoms with van der Waals surface area (Å²) >= 11 is 0. The molecule has 2 aliphatic rings. The van der Waals surface area contributed by atoms with Crippen molar-refractivity contribution in [1.82, 2.24) is 4.90 Å². The molecule has 4 rings (SSSR count). The van der Waals surface area contributed by atoms with Crippen LogP contribution in [0.15, 0.2) is 66.1 Å². The molecule has 2 aliphatic heterocycles. The maximum atomic E-state index is 13.2. The van der Waals surface area contributed by atoms with Crippen LogP contribution in [0.2, 0.25) is 0 Å². The van der Waals surface area contributed by atoms with E-state index in [-0.39, 0.29) is 18.2 Å². The van der Waals surface area contributed by atoms with E-state index in [1.807, 2.05) is 42.5 Å². The molecule has 27 heavy (non-hydrogen) atoms. The second-order valence-corrected chi connectivity index (χ2v) is 8.99. The average molecular weight is 382 g/mol. The number of hydrogen-bond donors (Lipinski definition) is 0. The van der Waals surface area contributed by atoms with Crippen molar-refractivity contribution < 1.29 is 13.2 Å². The fourth-order valence-corrected chi connectivity index (χ4v) is 5.05. The first-order valence-corrected chi connectivity index (χ1v) is 10.8. The minimum atomic E-state index is -3.24. The first-order valence-electron chi connectivity index (χ1n) is 9.09. The van der Waals surface area contributed by atoms with Crippen LogP contribution < -0.4 is 4.90 Å². The molecule has 5 nitrogen and oxygen atoms in total. The molecule has 2 aromatic carbocycles. The van der Waals surface area contributed by atoms with Gasteiger partial charge in [0.15, 0.2) is 9.84 Å². The van der Waals surface area contributed by atoms with Gasteiger partial charge in [-0.05, 0) is 35.8 Å². The van der Waals surface area contributed by atoms with Gasteiger partial charge in [-0.3, -0.25) is 9.69 Å². The van der Waals surface area contributed by atoms with Gasteiger partial charge in [-0.1, -0.05) is 42.5 Å². The molecule has 0 aliphatic carbocycles. The molecule has 0 saturated carbocycles. The number of carbonyl (C=O) groups excluding carboxylic acids is 1. The van der Waals surface area contributed by atoms with E-state index in [4.69, 9.17) is 0 Å². The largest absolute Gasteiger partial charge is 0.303 e. The number of fused-ring (bicyclic) bond motifs is 1. The molecule has 2 aromatic rings. The number of sulfone groups is 1. The van der Waals surface area contributed by atoms with Gasteiger partial charge in [0.2, 0.25) is 5.91 Å². The van der Waals surface area contributed by atoms with Gasteiger partial charge in [-0.2, -0.15) is 0 Å². The molecule has 6 heteroatoms. The Bertz CT molecular complexity index is 970. The Morgan fingerprint density at radius 2 is 1.74 bits per heavy atom. The third-order valence-corrected chi connectivity index (χ3v) is 6.49. The van der Waals surface area contributed by atoms with Crippen LogP contribution in [0.3, 0.4) is 0 Å². The minimum absolute atomic E-state index is 0.0591. The number of benzene rings is 2. The Kier molecular flexibility index (Phi) is 4.85. The van der Waals surface area contributed by atoms with Crippen LogP contribution in [-0.4, -0.2) is 44.1 Å². The van der Waals surface area contributed by atoms with Gasteiger partial charge in [-0.15, -0.1) is 0 Å². The van der Waals surface area contributed by atoms with Crippen molar-refractivity contribution in [2.45, 2.75) is 19.0 Å². The van der Waals surface area contributed by atoms with Crippen LogP contribution in [0, 0.1) is 0 Å². The summed E-state index contributed by atoms with van der Waals surface area (Å²) in [4.78, 5) is 16.9. The summed E-state index contributed by atoms with van der Waals surface area (Å²) in [5.41, 5.74) is 3.32. The predicted molar refractivity (Wildman–Crippen MR) is 106 cm³/mol. The fourth-order valence-electron chi connectivity index (χ4n) is 3.79. The van der Waals surface area contributed by atoms with Crippen molar-refractivity contribution in [3.05, 3.63) is 77.2 Å². The summed E-state index contributed by atoms with van der Waals surface area (Å²) in [5.74, 6) is -0.136. The Balaban J connectivity index is 1.54. The maximum Gasteiger partial charge on any atom is 0.241 e. The van der Waals surface area contributed by atoms with Gasteiger partial charge in [0.1, 0.15) is 0 Å². The number of anilines is 1. The number of para-hydroxylation sites is 1. The minimum Gasteiger partial charge on any atom is -0.303 e. The zero-order valence-electron chi connectivity index (χ0n) is 15.0. The van der Waals surface area contributed by atoms with Crippen molar-refractivity contribution in [3.8, 4) is 0 Å². The van der Waals surface area contributed by atoms with Crippen molar-refractivity contribution >= 4 is 21.4 Å². The second-order valence-electron chi connectivity index (χ2n) is 7.05. The quantitative estimate of drug-likeness (QED) is 0.815. The van der Waals surface area contributed by atoms with Crippen molar-refractivity contribution in [2.24, 2.45) is 0 Å². The highest BCUT2D eigenvalue weighted by molar-refractivity contribution is 7.94. The van der Waals surface area contributed by atoms with E-state index in [1.54, 1.807) is 11.0 Å². The van der Waals surface area contributed by atoms with Gasteiger partial charge in [0, 0.05) is 24.2 Å². The molecule has 0 N–H and O–H groups in total. The molecule has 0 spiro atoms. The van der Waals surface area contributed by atoms with Crippen LogP contribution in [0.1, 0.15) is 11.1 Å². The molecule has 1 atom stereocenters. The zero-order valence-corrected chi connectivity index (χ0v) is 15.8. The van der Waals surface area contributed by atoms with E-state index in [1.165, 1.54) is 16.5 Å². The molecule has 0 saturated heterocycles. The normalized spacial score (nSPS) is 21.0. The van der Waals surface area contributed by atoms with Crippen molar-refractivity contribution in [1.29, 1.82) is 0 Å². The van der Waals surface area contributed by atoms with E-state index in [9.17, 15) is 13.2 Å². The average Bonchev–Trinajstić information content (AvgIpc) is 3.02. The predicted octanol–water partition coefficient (Wildman–Crippen LogP) is 2.39. The maximum absolute atomic E-state index is 13.2. The van der Waals surface area contributed by atoms with Gasteiger partial charge in [0.05, 0.1) is 18.3 Å². The molecular weight excluding hydrogens is 360 g/mol. The molecule has 0 bridgehead atoms. The van der Waals surface area contributed by atoms with E-state index >= 15 is 0 Å². The van der Waals surface area contributed by atoms with Crippen molar-refractivity contribution in [2.75, 3.05) is 23.7 Å². The zero-order chi connectivity index (χ0) is 18.9. The van der Waals surface area contributed by atoms with E-state index in [0.717, 1.165) is 25.2 Å². The lowest BCUT2D eigenvalue weighted by Crippen LogP contribution is -2.47. The summed E-state index contributed by atoms with van der Waals surface area (Å²) < 4.78 is 23.8. The molecular formula is C21H22N2O3S. The Morgan fingerprint density at radius 3 is 2.44 bits per heavy atom. The smallest absolute Gasteiger partial charge is 0.241 e. The Morgan fingerprint density at radius 1 is 1.04 bits per heavy atom. The molecule has 2 heterocycles. The summed E-state index contributed by atoms with van der Waals surface area (Å²) in [5, 5.41) is 1.22. The summed E-state index contributed by atoms with van der Waals surface area (Å²) in [6.45, 7) is 1.83. The van der Waals surface area contributed by atoms with Crippen LogP contribution in [0.25, 0.3) is 0 Å². The van der Waals surface area contributed by atoms with E-state index in [0.29, 0.717) is 0 Å². The first kappa shape index (κ1) is 17.9.